The van der Waals surface area contributed by atoms with Crippen LogP contribution in [0.3, 0.4) is 0 Å². The van der Waals surface area contributed by atoms with E-state index in [0.717, 1.165) is 57.7 Å². The van der Waals surface area contributed by atoms with Crippen LogP contribution in [-0.4, -0.2) is 79.7 Å². The van der Waals surface area contributed by atoms with Gasteiger partial charge in [0.25, 0.3) is 0 Å². The first-order valence-electron chi connectivity index (χ1n) is 10.9. The number of aliphatic imine (C=N–C) groups is 1. The number of likely N-dealkylation sites (tertiary alicyclic amines) is 2. The summed E-state index contributed by atoms with van der Waals surface area (Å²) in [6.45, 7) is 8.89. The Balaban J connectivity index is 1.86. The minimum absolute atomic E-state index is 0.112. The highest BCUT2D eigenvalue weighted by atomic mass is 16.6. The van der Waals surface area contributed by atoms with Crippen molar-refractivity contribution < 1.29 is 14.3 Å². The molecule has 2 rings (SSSR count). The molecule has 2 N–H and O–H groups in total. The number of rotatable bonds is 4. The van der Waals surface area contributed by atoms with E-state index in [1.54, 1.807) is 14.1 Å². The van der Waals surface area contributed by atoms with Crippen LogP contribution in [-0.2, 0) is 9.53 Å². The minimum atomic E-state index is -0.485. The molecule has 0 aromatic heterocycles. The van der Waals surface area contributed by atoms with Gasteiger partial charge in [-0.05, 0) is 58.8 Å². The van der Waals surface area contributed by atoms with E-state index in [9.17, 15) is 9.59 Å². The molecule has 1 atom stereocenters. The Morgan fingerprint density at radius 3 is 2.38 bits per heavy atom. The van der Waals surface area contributed by atoms with Gasteiger partial charge < -0.3 is 25.2 Å². The number of hydrogen-bond acceptors (Lipinski definition) is 4. The van der Waals surface area contributed by atoms with Gasteiger partial charge in [-0.15, -0.1) is 0 Å². The fourth-order valence-electron chi connectivity index (χ4n) is 4.03. The number of nitrogens with one attached hydrogen (secondary N) is 2. The highest BCUT2D eigenvalue weighted by Gasteiger charge is 2.31. The SMILES string of the molecule is CN=C(NCC1CCCCN1C(=O)OC(C)(C)C)N1CCC(CC(=O)NC)CC1. The molecule has 2 fully saturated rings. The van der Waals surface area contributed by atoms with Crippen LogP contribution in [0, 0.1) is 5.92 Å². The van der Waals surface area contributed by atoms with E-state index in [0.29, 0.717) is 18.9 Å². The number of ether oxygens (including phenoxy) is 1. The summed E-state index contributed by atoms with van der Waals surface area (Å²) in [5.74, 6) is 1.42. The lowest BCUT2D eigenvalue weighted by atomic mass is 9.93. The monoisotopic (exact) mass is 409 g/mol. The van der Waals surface area contributed by atoms with Gasteiger partial charge in [-0.2, -0.15) is 0 Å². The Morgan fingerprint density at radius 1 is 1.10 bits per heavy atom. The van der Waals surface area contributed by atoms with Crippen molar-refractivity contribution in [3.63, 3.8) is 0 Å². The van der Waals surface area contributed by atoms with Crippen LogP contribution >= 0.6 is 0 Å². The average Bonchev–Trinajstić information content (AvgIpc) is 2.68. The molecule has 2 aliphatic rings. The van der Waals surface area contributed by atoms with Crippen LogP contribution in [0.25, 0.3) is 0 Å². The number of carbonyl (C=O) groups excluding carboxylic acids is 2. The molecule has 0 spiro atoms. The van der Waals surface area contributed by atoms with E-state index in [1.807, 2.05) is 25.7 Å². The number of amides is 2. The Hall–Kier alpha value is -1.99. The van der Waals surface area contributed by atoms with Crippen molar-refractivity contribution in [2.45, 2.75) is 70.9 Å². The lowest BCUT2D eigenvalue weighted by Gasteiger charge is -2.38. The summed E-state index contributed by atoms with van der Waals surface area (Å²) in [4.78, 5) is 32.8. The molecule has 0 aliphatic carbocycles. The van der Waals surface area contributed by atoms with Gasteiger partial charge in [-0.3, -0.25) is 9.79 Å². The average molecular weight is 410 g/mol. The molecule has 8 heteroatoms. The third-order valence-electron chi connectivity index (χ3n) is 5.63. The van der Waals surface area contributed by atoms with Gasteiger partial charge in [0, 0.05) is 46.7 Å². The van der Waals surface area contributed by atoms with Crippen LogP contribution in [0.2, 0.25) is 0 Å². The maximum Gasteiger partial charge on any atom is 0.410 e. The number of carbonyl (C=O) groups is 2. The molecular formula is C21H39N5O3. The fraction of sp³-hybridized carbons (Fsp3) is 0.857. The zero-order chi connectivity index (χ0) is 21.4. The normalized spacial score (nSPS) is 21.7. The molecule has 166 valence electrons. The standard InChI is InChI=1S/C21H39N5O3/c1-21(2,3)29-20(28)26-11-7-6-8-17(26)15-24-19(23-5)25-12-9-16(10-13-25)14-18(27)22-4/h16-17H,6-15H2,1-5H3,(H,22,27)(H,23,24). The molecule has 2 saturated heterocycles. The van der Waals surface area contributed by atoms with Gasteiger partial charge >= 0.3 is 6.09 Å². The lowest BCUT2D eigenvalue weighted by molar-refractivity contribution is -0.121. The second-order valence-corrected chi connectivity index (χ2v) is 9.06. The Bertz CT molecular complexity index is 579. The van der Waals surface area contributed by atoms with E-state index in [2.05, 4.69) is 20.5 Å². The van der Waals surface area contributed by atoms with Crippen molar-refractivity contribution >= 4 is 18.0 Å². The van der Waals surface area contributed by atoms with E-state index >= 15 is 0 Å². The van der Waals surface area contributed by atoms with Gasteiger partial charge in [0.1, 0.15) is 5.60 Å². The van der Waals surface area contributed by atoms with Crippen molar-refractivity contribution in [1.82, 2.24) is 20.4 Å². The summed E-state index contributed by atoms with van der Waals surface area (Å²) < 4.78 is 5.60. The molecule has 8 nitrogen and oxygen atoms in total. The van der Waals surface area contributed by atoms with Gasteiger partial charge in [0.15, 0.2) is 5.96 Å². The van der Waals surface area contributed by atoms with Crippen LogP contribution in [0.15, 0.2) is 4.99 Å². The highest BCUT2D eigenvalue weighted by molar-refractivity contribution is 5.80. The first kappa shape index (κ1) is 23.3. The minimum Gasteiger partial charge on any atom is -0.444 e. The summed E-state index contributed by atoms with van der Waals surface area (Å²) in [5.41, 5.74) is -0.485. The number of hydrogen-bond donors (Lipinski definition) is 2. The van der Waals surface area contributed by atoms with Crippen molar-refractivity contribution in [1.29, 1.82) is 0 Å². The van der Waals surface area contributed by atoms with Crippen molar-refractivity contribution in [2.75, 3.05) is 40.3 Å². The lowest BCUT2D eigenvalue weighted by Crippen LogP contribution is -2.53. The van der Waals surface area contributed by atoms with E-state index < -0.39 is 5.60 Å². The Morgan fingerprint density at radius 2 is 1.79 bits per heavy atom. The number of nitrogens with zero attached hydrogens (tertiary/aromatic N) is 3. The van der Waals surface area contributed by atoms with Crippen LogP contribution in [0.4, 0.5) is 4.79 Å². The quantitative estimate of drug-likeness (QED) is 0.549. The summed E-state index contributed by atoms with van der Waals surface area (Å²) in [6, 6.07) is 0.112. The molecule has 0 bridgehead atoms. The second-order valence-electron chi connectivity index (χ2n) is 9.06. The van der Waals surface area contributed by atoms with Crippen LogP contribution in [0.5, 0.6) is 0 Å². The zero-order valence-corrected chi connectivity index (χ0v) is 18.8. The summed E-state index contributed by atoms with van der Waals surface area (Å²) >= 11 is 0. The molecule has 2 heterocycles. The molecule has 0 aromatic carbocycles. The summed E-state index contributed by atoms with van der Waals surface area (Å²) in [7, 11) is 3.49. The largest absolute Gasteiger partial charge is 0.444 e. The van der Waals surface area contributed by atoms with Crippen LogP contribution in [0.1, 0.15) is 59.3 Å². The zero-order valence-electron chi connectivity index (χ0n) is 18.8. The van der Waals surface area contributed by atoms with E-state index in [-0.39, 0.29) is 18.0 Å². The predicted octanol–water partition coefficient (Wildman–Crippen LogP) is 2.20. The third kappa shape index (κ3) is 7.40. The third-order valence-corrected chi connectivity index (χ3v) is 5.63. The van der Waals surface area contributed by atoms with E-state index in [4.69, 9.17) is 4.74 Å². The van der Waals surface area contributed by atoms with E-state index in [1.165, 1.54) is 0 Å². The smallest absolute Gasteiger partial charge is 0.410 e. The number of piperidine rings is 2. The van der Waals surface area contributed by atoms with Gasteiger partial charge in [-0.1, -0.05) is 0 Å². The topological polar surface area (TPSA) is 86.3 Å². The molecule has 2 amide bonds. The van der Waals surface area contributed by atoms with Gasteiger partial charge in [0.2, 0.25) is 5.91 Å². The molecular weight excluding hydrogens is 370 g/mol. The molecule has 0 radical (unpaired) electrons. The second kappa shape index (κ2) is 10.7. The molecule has 29 heavy (non-hydrogen) atoms. The van der Waals surface area contributed by atoms with Crippen molar-refractivity contribution in [2.24, 2.45) is 10.9 Å². The number of guanidine groups is 1. The molecule has 1 unspecified atom stereocenters. The first-order valence-corrected chi connectivity index (χ1v) is 10.9. The maximum absolute atomic E-state index is 12.6. The highest BCUT2D eigenvalue weighted by Crippen LogP contribution is 2.22. The molecule has 0 aromatic rings. The predicted molar refractivity (Wildman–Crippen MR) is 115 cm³/mol. The van der Waals surface area contributed by atoms with Gasteiger partial charge in [0.05, 0.1) is 6.04 Å². The summed E-state index contributed by atoms with van der Waals surface area (Å²) in [6.07, 6.45) is 5.46. The summed E-state index contributed by atoms with van der Waals surface area (Å²) in [5, 5.41) is 6.18. The first-order chi connectivity index (χ1) is 13.7. The molecule has 2 aliphatic heterocycles. The van der Waals surface area contributed by atoms with Crippen LogP contribution < -0.4 is 10.6 Å². The Labute approximate surface area is 175 Å². The van der Waals surface area contributed by atoms with Gasteiger partial charge in [-0.25, -0.2) is 4.79 Å². The fourth-order valence-corrected chi connectivity index (χ4v) is 4.03. The maximum atomic E-state index is 12.6. The Kier molecular flexibility index (Phi) is 8.59. The van der Waals surface area contributed by atoms with Crippen molar-refractivity contribution in [3.8, 4) is 0 Å². The van der Waals surface area contributed by atoms with Crippen molar-refractivity contribution in [3.05, 3.63) is 0 Å². The molecule has 0 saturated carbocycles.